The van der Waals surface area contributed by atoms with E-state index in [1.165, 1.54) is 24.8 Å². The van der Waals surface area contributed by atoms with Crippen molar-refractivity contribution in [1.29, 1.82) is 0 Å². The molecule has 2 heterocycles. The summed E-state index contributed by atoms with van der Waals surface area (Å²) in [7, 11) is 1.66. The molecule has 2 aliphatic rings. The van der Waals surface area contributed by atoms with Gasteiger partial charge < -0.3 is 14.5 Å². The van der Waals surface area contributed by atoms with E-state index in [-0.39, 0.29) is 17.9 Å². The molecule has 2 atom stereocenters. The van der Waals surface area contributed by atoms with Gasteiger partial charge in [-0.2, -0.15) is 0 Å². The molecule has 1 amide bonds. The fraction of sp³-hybridized carbons (Fsp3) is 0.409. The highest BCUT2D eigenvalue weighted by atomic mass is 16.5. The molecule has 2 aliphatic heterocycles. The normalized spacial score (nSPS) is 23.6. The molecular formula is C22H26N2O2. The van der Waals surface area contributed by atoms with Crippen LogP contribution < -0.4 is 9.64 Å². The van der Waals surface area contributed by atoms with E-state index >= 15 is 0 Å². The van der Waals surface area contributed by atoms with Crippen LogP contribution in [0.5, 0.6) is 5.75 Å². The number of hydrogen-bond donors (Lipinski definition) is 0. The maximum Gasteiger partial charge on any atom is 0.234 e. The number of rotatable bonds is 5. The number of nitrogens with zero attached hydrogens (tertiary/aromatic N) is 2. The van der Waals surface area contributed by atoms with E-state index in [4.69, 9.17) is 4.74 Å². The molecule has 2 aromatic carbocycles. The summed E-state index contributed by atoms with van der Waals surface area (Å²) < 4.78 is 5.25. The Hall–Kier alpha value is -2.33. The van der Waals surface area contributed by atoms with Gasteiger partial charge in [-0.05, 0) is 55.8 Å². The SMILES string of the molecule is COc1ccc(N2C(=O)[C@H](CN3CCCCC3)[C@H]2c2ccccc2)cc1. The maximum atomic E-state index is 13.0. The molecule has 26 heavy (non-hydrogen) atoms. The van der Waals surface area contributed by atoms with Gasteiger partial charge in [0.1, 0.15) is 5.75 Å². The molecule has 0 bridgehead atoms. The summed E-state index contributed by atoms with van der Waals surface area (Å²) in [4.78, 5) is 17.5. The number of ether oxygens (including phenoxy) is 1. The number of hydrogen-bond acceptors (Lipinski definition) is 3. The van der Waals surface area contributed by atoms with Gasteiger partial charge in [0.2, 0.25) is 5.91 Å². The van der Waals surface area contributed by atoms with Gasteiger partial charge in [0.15, 0.2) is 0 Å². The predicted octanol–water partition coefficient (Wildman–Crippen LogP) is 3.89. The monoisotopic (exact) mass is 350 g/mol. The lowest BCUT2D eigenvalue weighted by molar-refractivity contribution is -0.131. The second kappa shape index (κ2) is 7.50. The lowest BCUT2D eigenvalue weighted by Crippen LogP contribution is -2.59. The summed E-state index contributed by atoms with van der Waals surface area (Å²) in [6.45, 7) is 3.10. The van der Waals surface area contributed by atoms with E-state index in [0.717, 1.165) is 31.1 Å². The molecule has 0 radical (unpaired) electrons. The third-order valence-corrected chi connectivity index (χ3v) is 5.61. The van der Waals surface area contributed by atoms with Crippen molar-refractivity contribution in [2.24, 2.45) is 5.92 Å². The van der Waals surface area contributed by atoms with Crippen LogP contribution in [0.25, 0.3) is 0 Å². The first kappa shape index (κ1) is 17.1. The minimum absolute atomic E-state index is 0.0394. The molecule has 0 aromatic heterocycles. The number of carbonyl (C=O) groups excluding carboxylic acids is 1. The molecule has 0 unspecified atom stereocenters. The predicted molar refractivity (Wildman–Crippen MR) is 103 cm³/mol. The second-order valence-corrected chi connectivity index (χ2v) is 7.23. The molecule has 0 spiro atoms. The summed E-state index contributed by atoms with van der Waals surface area (Å²) in [5, 5.41) is 0. The first-order chi connectivity index (χ1) is 12.8. The van der Waals surface area contributed by atoms with Crippen LogP contribution in [0, 0.1) is 5.92 Å². The maximum absolute atomic E-state index is 13.0. The summed E-state index contributed by atoms with van der Waals surface area (Å²) in [6.07, 6.45) is 3.81. The van der Waals surface area contributed by atoms with E-state index in [2.05, 4.69) is 29.2 Å². The zero-order valence-corrected chi connectivity index (χ0v) is 15.3. The lowest BCUT2D eigenvalue weighted by Gasteiger charge is -2.49. The van der Waals surface area contributed by atoms with Gasteiger partial charge >= 0.3 is 0 Å². The largest absolute Gasteiger partial charge is 0.497 e. The number of carbonyl (C=O) groups is 1. The topological polar surface area (TPSA) is 32.8 Å². The average Bonchev–Trinajstić information content (AvgIpc) is 2.71. The number of methoxy groups -OCH3 is 1. The fourth-order valence-electron chi connectivity index (χ4n) is 4.21. The highest BCUT2D eigenvalue weighted by molar-refractivity contribution is 6.03. The Morgan fingerprint density at radius 1 is 0.962 bits per heavy atom. The lowest BCUT2D eigenvalue weighted by atomic mass is 9.81. The molecular weight excluding hydrogens is 324 g/mol. The zero-order chi connectivity index (χ0) is 17.9. The Kier molecular flexibility index (Phi) is 4.93. The number of likely N-dealkylation sites (tertiary alicyclic amines) is 1. The van der Waals surface area contributed by atoms with E-state index in [0.29, 0.717) is 0 Å². The summed E-state index contributed by atoms with van der Waals surface area (Å²) >= 11 is 0. The number of amides is 1. The average molecular weight is 350 g/mol. The highest BCUT2D eigenvalue weighted by Crippen LogP contribution is 2.44. The Morgan fingerprint density at radius 3 is 2.31 bits per heavy atom. The van der Waals surface area contributed by atoms with Crippen LogP contribution in [0.2, 0.25) is 0 Å². The van der Waals surface area contributed by atoms with Crippen molar-refractivity contribution in [2.45, 2.75) is 25.3 Å². The van der Waals surface area contributed by atoms with Gasteiger partial charge in [0.25, 0.3) is 0 Å². The first-order valence-corrected chi connectivity index (χ1v) is 9.52. The fourth-order valence-corrected chi connectivity index (χ4v) is 4.21. The number of piperidine rings is 1. The molecule has 4 rings (SSSR count). The summed E-state index contributed by atoms with van der Waals surface area (Å²) in [6, 6.07) is 18.3. The molecule has 136 valence electrons. The Morgan fingerprint density at radius 2 is 1.65 bits per heavy atom. The van der Waals surface area contributed by atoms with Crippen LogP contribution in [0.15, 0.2) is 54.6 Å². The molecule has 0 saturated carbocycles. The molecule has 2 fully saturated rings. The van der Waals surface area contributed by atoms with Gasteiger partial charge in [-0.15, -0.1) is 0 Å². The minimum Gasteiger partial charge on any atom is -0.497 e. The molecule has 4 heteroatoms. The zero-order valence-electron chi connectivity index (χ0n) is 15.3. The summed E-state index contributed by atoms with van der Waals surface area (Å²) in [5.74, 6) is 1.08. The van der Waals surface area contributed by atoms with Crippen LogP contribution in [0.4, 0.5) is 5.69 Å². The number of anilines is 1. The molecule has 2 saturated heterocycles. The minimum atomic E-state index is 0.0394. The van der Waals surface area contributed by atoms with Gasteiger partial charge in [0, 0.05) is 12.2 Å². The van der Waals surface area contributed by atoms with Crippen LogP contribution in [-0.2, 0) is 4.79 Å². The molecule has 4 nitrogen and oxygen atoms in total. The smallest absolute Gasteiger partial charge is 0.234 e. The standard InChI is InChI=1S/C22H26N2O2/c1-26-19-12-10-18(11-13-19)24-21(17-8-4-2-5-9-17)20(22(24)25)16-23-14-6-3-7-15-23/h2,4-5,8-13,20-21H,3,6-7,14-16H2,1H3/t20-,21-/m1/s1. The van der Waals surface area contributed by atoms with Gasteiger partial charge in [-0.1, -0.05) is 36.8 Å². The van der Waals surface area contributed by atoms with Gasteiger partial charge in [0.05, 0.1) is 19.1 Å². The second-order valence-electron chi connectivity index (χ2n) is 7.23. The number of benzene rings is 2. The van der Waals surface area contributed by atoms with E-state index in [1.54, 1.807) is 7.11 Å². The van der Waals surface area contributed by atoms with Crippen LogP contribution in [0.3, 0.4) is 0 Å². The van der Waals surface area contributed by atoms with Crippen LogP contribution in [0.1, 0.15) is 30.9 Å². The van der Waals surface area contributed by atoms with Crippen molar-refractivity contribution in [2.75, 3.05) is 31.6 Å². The van der Waals surface area contributed by atoms with Crippen molar-refractivity contribution in [3.8, 4) is 5.75 Å². The van der Waals surface area contributed by atoms with Crippen molar-refractivity contribution < 1.29 is 9.53 Å². The third kappa shape index (κ3) is 3.21. The Labute approximate surface area is 155 Å². The van der Waals surface area contributed by atoms with Gasteiger partial charge in [-0.3, -0.25) is 4.79 Å². The molecule has 0 N–H and O–H groups in total. The highest BCUT2D eigenvalue weighted by Gasteiger charge is 2.49. The van der Waals surface area contributed by atoms with Crippen molar-refractivity contribution in [3.63, 3.8) is 0 Å². The van der Waals surface area contributed by atoms with E-state index in [9.17, 15) is 4.79 Å². The van der Waals surface area contributed by atoms with E-state index < -0.39 is 0 Å². The van der Waals surface area contributed by atoms with Crippen LogP contribution in [-0.4, -0.2) is 37.6 Å². The molecule has 2 aromatic rings. The van der Waals surface area contributed by atoms with Crippen LogP contribution >= 0.6 is 0 Å². The quantitative estimate of drug-likeness (QED) is 0.767. The van der Waals surface area contributed by atoms with Crippen molar-refractivity contribution in [3.05, 3.63) is 60.2 Å². The van der Waals surface area contributed by atoms with Crippen molar-refractivity contribution in [1.82, 2.24) is 4.90 Å². The Bertz CT molecular complexity index is 738. The first-order valence-electron chi connectivity index (χ1n) is 9.52. The Balaban J connectivity index is 1.59. The van der Waals surface area contributed by atoms with E-state index in [1.807, 2.05) is 35.2 Å². The third-order valence-electron chi connectivity index (χ3n) is 5.61. The summed E-state index contributed by atoms with van der Waals surface area (Å²) in [5.41, 5.74) is 2.16. The molecule has 0 aliphatic carbocycles. The number of β-lactam (4-membered cyclic amide) rings is 1. The van der Waals surface area contributed by atoms with Crippen molar-refractivity contribution >= 4 is 11.6 Å². The van der Waals surface area contributed by atoms with Gasteiger partial charge in [-0.25, -0.2) is 0 Å².